The molecule has 0 atom stereocenters. The Morgan fingerprint density at radius 1 is 1.32 bits per heavy atom. The van der Waals surface area contributed by atoms with Crippen molar-refractivity contribution in [2.45, 2.75) is 50.5 Å². The number of hydrogen-bond donors (Lipinski definition) is 2. The van der Waals surface area contributed by atoms with Crippen LogP contribution in [0.25, 0.3) is 23.4 Å². The van der Waals surface area contributed by atoms with Crippen LogP contribution in [0.2, 0.25) is 5.02 Å². The number of aryl methyl sites for hydroxylation is 1. The van der Waals surface area contributed by atoms with Gasteiger partial charge in [-0.3, -0.25) is 0 Å². The van der Waals surface area contributed by atoms with E-state index in [9.17, 15) is 0 Å². The van der Waals surface area contributed by atoms with Gasteiger partial charge in [-0.25, -0.2) is 9.97 Å². The van der Waals surface area contributed by atoms with E-state index in [0.29, 0.717) is 10.7 Å². The highest BCUT2D eigenvalue weighted by atomic mass is 35.5. The third-order valence-electron chi connectivity index (χ3n) is 5.46. The van der Waals surface area contributed by atoms with Gasteiger partial charge in [0.25, 0.3) is 0 Å². The molecule has 3 rings (SSSR count). The second-order valence-corrected chi connectivity index (χ2v) is 9.28. The number of nitrogens with one attached hydrogen (secondary N) is 1. The Labute approximate surface area is 194 Å². The molecular formula is C25H31ClN4S. The number of nitrogens with zero attached hydrogens (tertiary/aromatic N) is 2. The fourth-order valence-electron chi connectivity index (χ4n) is 3.89. The number of nitrogens with two attached hydrogens (primary N) is 1. The summed E-state index contributed by atoms with van der Waals surface area (Å²) < 4.78 is 0. The van der Waals surface area contributed by atoms with Crippen LogP contribution in [0.5, 0.6) is 0 Å². The van der Waals surface area contributed by atoms with E-state index in [-0.39, 0.29) is 5.95 Å². The predicted molar refractivity (Wildman–Crippen MR) is 136 cm³/mol. The van der Waals surface area contributed by atoms with Crippen LogP contribution in [0.15, 0.2) is 42.1 Å². The molecule has 0 bridgehead atoms. The normalized spacial score (nSPS) is 13.0. The van der Waals surface area contributed by atoms with Crippen LogP contribution in [0.1, 0.15) is 44.6 Å². The van der Waals surface area contributed by atoms with Crippen molar-refractivity contribution in [1.82, 2.24) is 15.3 Å². The zero-order valence-electron chi connectivity index (χ0n) is 18.3. The lowest BCUT2D eigenvalue weighted by molar-refractivity contribution is 0.697. The van der Waals surface area contributed by atoms with Gasteiger partial charge < -0.3 is 11.1 Å². The maximum atomic E-state index is 6.70. The molecule has 0 amide bonds. The number of fused-ring (bicyclic) bond motifs is 1. The molecule has 2 aromatic rings. The fourth-order valence-corrected chi connectivity index (χ4v) is 5.14. The summed E-state index contributed by atoms with van der Waals surface area (Å²) in [6, 6.07) is 3.99. The quantitative estimate of drug-likeness (QED) is 0.305. The third-order valence-corrected chi connectivity index (χ3v) is 6.67. The SMILES string of the molecule is C=CC1=c2c(cc(Cl)c(-c3cc(SCCC(=C)NCCCC)nc(N)n3)c2=C)CCC1. The summed E-state index contributed by atoms with van der Waals surface area (Å²) in [5, 5.41) is 6.89. The average molecular weight is 455 g/mol. The first-order valence-electron chi connectivity index (χ1n) is 10.8. The number of thioether (sulfide) groups is 1. The van der Waals surface area contributed by atoms with Crippen molar-refractivity contribution in [2.75, 3.05) is 18.0 Å². The van der Waals surface area contributed by atoms with E-state index < -0.39 is 0 Å². The van der Waals surface area contributed by atoms with Gasteiger partial charge in [0, 0.05) is 23.6 Å². The van der Waals surface area contributed by atoms with E-state index in [0.717, 1.165) is 71.1 Å². The van der Waals surface area contributed by atoms with Gasteiger partial charge in [0.05, 0.1) is 10.7 Å². The van der Waals surface area contributed by atoms with Gasteiger partial charge in [0.2, 0.25) is 5.95 Å². The van der Waals surface area contributed by atoms with Gasteiger partial charge in [0.1, 0.15) is 5.03 Å². The number of halogens is 1. The number of unbranched alkanes of at least 4 members (excludes halogenated alkanes) is 1. The monoisotopic (exact) mass is 454 g/mol. The number of rotatable bonds is 10. The van der Waals surface area contributed by atoms with Crippen molar-refractivity contribution in [3.63, 3.8) is 0 Å². The molecule has 1 aromatic heterocycles. The molecule has 6 heteroatoms. The average Bonchev–Trinajstić information content (AvgIpc) is 2.73. The first kappa shape index (κ1) is 23.4. The van der Waals surface area contributed by atoms with Crippen LogP contribution in [-0.4, -0.2) is 22.3 Å². The number of nitrogen functional groups attached to an aromatic ring is 1. The number of allylic oxidation sites excluding steroid dienone is 2. The number of anilines is 1. The summed E-state index contributed by atoms with van der Waals surface area (Å²) in [7, 11) is 0. The van der Waals surface area contributed by atoms with Crippen LogP contribution in [-0.2, 0) is 6.42 Å². The lowest BCUT2D eigenvalue weighted by Gasteiger charge is -2.17. The molecule has 0 radical (unpaired) electrons. The van der Waals surface area contributed by atoms with Crippen LogP contribution in [0.3, 0.4) is 0 Å². The van der Waals surface area contributed by atoms with Crippen molar-refractivity contribution in [3.05, 3.63) is 58.1 Å². The highest BCUT2D eigenvalue weighted by molar-refractivity contribution is 7.99. The van der Waals surface area contributed by atoms with Gasteiger partial charge in [-0.1, -0.05) is 50.8 Å². The molecule has 1 aliphatic carbocycles. The summed E-state index contributed by atoms with van der Waals surface area (Å²) >= 11 is 8.34. The van der Waals surface area contributed by atoms with Crippen LogP contribution >= 0.6 is 23.4 Å². The number of hydrogen-bond acceptors (Lipinski definition) is 5. The van der Waals surface area contributed by atoms with Gasteiger partial charge in [-0.05, 0) is 65.8 Å². The van der Waals surface area contributed by atoms with Gasteiger partial charge in [-0.2, -0.15) is 0 Å². The molecule has 31 heavy (non-hydrogen) atoms. The van der Waals surface area contributed by atoms with E-state index in [1.807, 2.05) is 18.2 Å². The summed E-state index contributed by atoms with van der Waals surface area (Å²) in [6.45, 7) is 15.6. The molecular weight excluding hydrogens is 424 g/mol. The van der Waals surface area contributed by atoms with Crippen molar-refractivity contribution >= 4 is 41.5 Å². The summed E-state index contributed by atoms with van der Waals surface area (Å²) in [4.78, 5) is 8.89. The molecule has 3 N–H and O–H groups in total. The van der Waals surface area contributed by atoms with E-state index in [1.54, 1.807) is 11.8 Å². The molecule has 0 saturated carbocycles. The minimum Gasteiger partial charge on any atom is -0.389 e. The van der Waals surface area contributed by atoms with Crippen LogP contribution in [0, 0.1) is 0 Å². The Hall–Kier alpha value is -2.24. The Kier molecular flexibility index (Phi) is 8.22. The number of aromatic nitrogens is 2. The maximum absolute atomic E-state index is 6.70. The van der Waals surface area contributed by atoms with Gasteiger partial charge in [0.15, 0.2) is 0 Å². The second kappa shape index (κ2) is 10.9. The largest absolute Gasteiger partial charge is 0.389 e. The molecule has 1 aromatic carbocycles. The molecule has 0 saturated heterocycles. The predicted octanol–water partition coefficient (Wildman–Crippen LogP) is 4.85. The van der Waals surface area contributed by atoms with Crippen LogP contribution < -0.4 is 21.5 Å². The molecule has 164 valence electrons. The molecule has 1 aliphatic rings. The Morgan fingerprint density at radius 2 is 2.13 bits per heavy atom. The molecule has 1 heterocycles. The minimum atomic E-state index is 0.237. The van der Waals surface area contributed by atoms with E-state index in [1.165, 1.54) is 17.6 Å². The third kappa shape index (κ3) is 5.72. The summed E-state index contributed by atoms with van der Waals surface area (Å²) in [5.74, 6) is 1.10. The Balaban J connectivity index is 1.87. The minimum absolute atomic E-state index is 0.237. The van der Waals surface area contributed by atoms with Crippen LogP contribution in [0.4, 0.5) is 5.95 Å². The zero-order chi connectivity index (χ0) is 22.4. The highest BCUT2D eigenvalue weighted by Crippen LogP contribution is 2.28. The van der Waals surface area contributed by atoms with Crippen molar-refractivity contribution in [1.29, 1.82) is 0 Å². The van der Waals surface area contributed by atoms with Gasteiger partial charge in [-0.15, -0.1) is 11.8 Å². The molecule has 4 nitrogen and oxygen atoms in total. The molecule has 0 fully saturated rings. The fraction of sp³-hybridized carbons (Fsp3) is 0.360. The topological polar surface area (TPSA) is 63.8 Å². The molecule has 0 unspecified atom stereocenters. The summed E-state index contributed by atoms with van der Waals surface area (Å²) in [5.41, 5.74) is 11.1. The van der Waals surface area contributed by atoms with Crippen molar-refractivity contribution < 1.29 is 0 Å². The first-order valence-corrected chi connectivity index (χ1v) is 12.2. The van der Waals surface area contributed by atoms with Crippen molar-refractivity contribution in [2.24, 2.45) is 0 Å². The maximum Gasteiger partial charge on any atom is 0.221 e. The lowest BCUT2D eigenvalue weighted by atomic mass is 9.90. The Bertz CT molecular complexity index is 1090. The first-order chi connectivity index (χ1) is 14.9. The lowest BCUT2D eigenvalue weighted by Crippen LogP contribution is -2.34. The molecule has 0 aliphatic heterocycles. The number of benzene rings is 1. The smallest absolute Gasteiger partial charge is 0.221 e. The second-order valence-electron chi connectivity index (χ2n) is 7.76. The van der Waals surface area contributed by atoms with E-state index in [4.69, 9.17) is 17.3 Å². The highest BCUT2D eigenvalue weighted by Gasteiger charge is 2.16. The summed E-state index contributed by atoms with van der Waals surface area (Å²) in [6.07, 6.45) is 8.22. The van der Waals surface area contributed by atoms with Crippen molar-refractivity contribution in [3.8, 4) is 11.3 Å². The zero-order valence-corrected chi connectivity index (χ0v) is 19.8. The molecule has 0 spiro atoms. The standard InChI is InChI=1S/C25H31ClN4S/c1-5-7-12-28-16(3)11-13-31-22-15-21(29-25(27)30-22)24-17(4)23-18(6-2)9-8-10-19(23)14-20(24)26/h6,14-15,28H,2-5,7-13H2,1H3,(H2,27,29,30). The van der Waals surface area contributed by atoms with E-state index in [2.05, 4.69) is 41.9 Å². The van der Waals surface area contributed by atoms with Gasteiger partial charge >= 0.3 is 0 Å². The van der Waals surface area contributed by atoms with E-state index >= 15 is 0 Å². The Morgan fingerprint density at radius 3 is 2.87 bits per heavy atom.